The van der Waals surface area contributed by atoms with Crippen LogP contribution in [0, 0.1) is 6.92 Å². The number of hydrazine groups is 1. The van der Waals surface area contributed by atoms with Crippen LogP contribution in [0.25, 0.3) is 0 Å². The third kappa shape index (κ3) is 5.92. The highest BCUT2D eigenvalue weighted by atomic mass is 35.5. The highest BCUT2D eigenvalue weighted by Gasteiger charge is 2.07. The SMILES string of the molecule is CCc1cccc(C)c1NC(=S)NNC(=O)COc1cccc(Cl)c1. The Balaban J connectivity index is 1.81. The standard InChI is InChI=1S/C18H20ClN3O2S/c1-3-13-7-4-6-12(2)17(13)20-18(25)22-21-16(23)11-24-15-9-5-8-14(19)10-15/h4-10H,3,11H2,1-2H3,(H,21,23)(H2,20,22,25). The summed E-state index contributed by atoms with van der Waals surface area (Å²) in [5.41, 5.74) is 8.35. The summed E-state index contributed by atoms with van der Waals surface area (Å²) in [6.45, 7) is 3.92. The number of anilines is 1. The molecule has 0 radical (unpaired) electrons. The molecule has 3 N–H and O–H groups in total. The van der Waals surface area contributed by atoms with Gasteiger partial charge in [0.25, 0.3) is 5.91 Å². The number of thiocarbonyl (C=S) groups is 1. The Morgan fingerprint density at radius 2 is 1.96 bits per heavy atom. The van der Waals surface area contributed by atoms with Gasteiger partial charge in [0.2, 0.25) is 0 Å². The zero-order valence-electron chi connectivity index (χ0n) is 14.1. The third-order valence-electron chi connectivity index (χ3n) is 3.46. The van der Waals surface area contributed by atoms with Crippen LogP contribution in [-0.4, -0.2) is 17.6 Å². The van der Waals surface area contributed by atoms with Gasteiger partial charge in [-0.1, -0.05) is 42.8 Å². The van der Waals surface area contributed by atoms with Crippen LogP contribution in [0.1, 0.15) is 18.1 Å². The Morgan fingerprint density at radius 1 is 1.20 bits per heavy atom. The number of halogens is 1. The van der Waals surface area contributed by atoms with Crippen molar-refractivity contribution in [3.8, 4) is 5.75 Å². The number of nitrogens with one attached hydrogen (secondary N) is 3. The Labute approximate surface area is 157 Å². The molecule has 5 nitrogen and oxygen atoms in total. The van der Waals surface area contributed by atoms with E-state index in [0.717, 1.165) is 23.2 Å². The lowest BCUT2D eigenvalue weighted by atomic mass is 10.1. The molecule has 2 aromatic rings. The molecule has 0 atom stereocenters. The summed E-state index contributed by atoms with van der Waals surface area (Å²) >= 11 is 11.1. The van der Waals surface area contributed by atoms with Gasteiger partial charge in [-0.05, 0) is 54.9 Å². The quantitative estimate of drug-likeness (QED) is 0.549. The number of carbonyl (C=O) groups excluding carboxylic acids is 1. The van der Waals surface area contributed by atoms with Crippen molar-refractivity contribution in [3.63, 3.8) is 0 Å². The third-order valence-corrected chi connectivity index (χ3v) is 3.90. The first-order chi connectivity index (χ1) is 12.0. The van der Waals surface area contributed by atoms with E-state index in [2.05, 4.69) is 23.1 Å². The maximum atomic E-state index is 11.8. The lowest BCUT2D eigenvalue weighted by molar-refractivity contribution is -0.123. The normalized spacial score (nSPS) is 10.0. The predicted octanol–water partition coefficient (Wildman–Crippen LogP) is 3.61. The van der Waals surface area contributed by atoms with Crippen molar-refractivity contribution in [2.24, 2.45) is 0 Å². The number of hydrogen-bond acceptors (Lipinski definition) is 3. The van der Waals surface area contributed by atoms with Crippen molar-refractivity contribution >= 4 is 40.5 Å². The minimum absolute atomic E-state index is 0.152. The lowest BCUT2D eigenvalue weighted by Gasteiger charge is -2.16. The molecule has 0 bridgehead atoms. The zero-order valence-corrected chi connectivity index (χ0v) is 15.6. The fourth-order valence-electron chi connectivity index (χ4n) is 2.22. The van der Waals surface area contributed by atoms with E-state index in [1.165, 1.54) is 0 Å². The van der Waals surface area contributed by atoms with Crippen LogP contribution in [0.2, 0.25) is 5.02 Å². The summed E-state index contributed by atoms with van der Waals surface area (Å²) in [5, 5.41) is 3.97. The van der Waals surface area contributed by atoms with Gasteiger partial charge in [0, 0.05) is 10.7 Å². The molecule has 0 aromatic heterocycles. The second kappa shape index (κ2) is 9.25. The largest absolute Gasteiger partial charge is 0.484 e. The van der Waals surface area contributed by atoms with Crippen molar-refractivity contribution in [1.82, 2.24) is 10.9 Å². The van der Waals surface area contributed by atoms with E-state index in [1.807, 2.05) is 25.1 Å². The summed E-state index contributed by atoms with van der Waals surface area (Å²) < 4.78 is 5.35. The zero-order chi connectivity index (χ0) is 18.2. The number of amides is 1. The second-order valence-electron chi connectivity index (χ2n) is 5.34. The lowest BCUT2D eigenvalue weighted by Crippen LogP contribution is -2.45. The van der Waals surface area contributed by atoms with Gasteiger partial charge in [0.15, 0.2) is 11.7 Å². The van der Waals surface area contributed by atoms with Gasteiger partial charge in [-0.15, -0.1) is 0 Å². The second-order valence-corrected chi connectivity index (χ2v) is 6.18. The number of carbonyl (C=O) groups is 1. The summed E-state index contributed by atoms with van der Waals surface area (Å²) in [5.74, 6) is 0.167. The molecule has 25 heavy (non-hydrogen) atoms. The van der Waals surface area contributed by atoms with Crippen molar-refractivity contribution in [2.45, 2.75) is 20.3 Å². The van der Waals surface area contributed by atoms with E-state index in [9.17, 15) is 4.79 Å². The Bertz CT molecular complexity index is 768. The van der Waals surface area contributed by atoms with E-state index in [1.54, 1.807) is 24.3 Å². The number of rotatable bonds is 5. The van der Waals surface area contributed by atoms with E-state index in [-0.39, 0.29) is 12.5 Å². The number of aryl methyl sites for hydroxylation is 2. The van der Waals surface area contributed by atoms with Crippen molar-refractivity contribution in [3.05, 3.63) is 58.6 Å². The first-order valence-corrected chi connectivity index (χ1v) is 8.61. The molecule has 2 aromatic carbocycles. The topological polar surface area (TPSA) is 62.4 Å². The summed E-state index contributed by atoms with van der Waals surface area (Å²) in [6.07, 6.45) is 0.881. The number of hydrogen-bond donors (Lipinski definition) is 3. The first-order valence-electron chi connectivity index (χ1n) is 7.82. The molecular weight excluding hydrogens is 358 g/mol. The van der Waals surface area contributed by atoms with Crippen molar-refractivity contribution in [1.29, 1.82) is 0 Å². The van der Waals surface area contributed by atoms with Gasteiger partial charge in [-0.2, -0.15) is 0 Å². The maximum Gasteiger partial charge on any atom is 0.276 e. The molecule has 132 valence electrons. The van der Waals surface area contributed by atoms with Crippen molar-refractivity contribution < 1.29 is 9.53 Å². The van der Waals surface area contributed by atoms with E-state index >= 15 is 0 Å². The van der Waals surface area contributed by atoms with E-state index < -0.39 is 0 Å². The molecule has 2 rings (SSSR count). The highest BCUT2D eigenvalue weighted by molar-refractivity contribution is 7.80. The molecule has 0 fully saturated rings. The fourth-order valence-corrected chi connectivity index (χ4v) is 2.55. The number of para-hydroxylation sites is 1. The van der Waals surface area contributed by atoms with Gasteiger partial charge in [-0.3, -0.25) is 15.6 Å². The van der Waals surface area contributed by atoms with Gasteiger partial charge >= 0.3 is 0 Å². The van der Waals surface area contributed by atoms with Crippen LogP contribution in [0.3, 0.4) is 0 Å². The van der Waals surface area contributed by atoms with Crippen LogP contribution >= 0.6 is 23.8 Å². The molecule has 0 aliphatic carbocycles. The van der Waals surface area contributed by atoms with Gasteiger partial charge < -0.3 is 10.1 Å². The van der Waals surface area contributed by atoms with Crippen LogP contribution in [-0.2, 0) is 11.2 Å². The smallest absolute Gasteiger partial charge is 0.276 e. The average Bonchev–Trinajstić information content (AvgIpc) is 2.60. The fraction of sp³-hybridized carbons (Fsp3) is 0.222. The average molecular weight is 378 g/mol. The van der Waals surface area contributed by atoms with Crippen molar-refractivity contribution in [2.75, 3.05) is 11.9 Å². The molecule has 0 unspecified atom stereocenters. The molecular formula is C18H20ClN3O2S. The Morgan fingerprint density at radius 3 is 2.68 bits per heavy atom. The molecule has 0 heterocycles. The highest BCUT2D eigenvalue weighted by Crippen LogP contribution is 2.20. The van der Waals surface area contributed by atoms with Crippen LogP contribution in [0.4, 0.5) is 5.69 Å². The predicted molar refractivity (Wildman–Crippen MR) is 105 cm³/mol. The van der Waals surface area contributed by atoms with E-state index in [0.29, 0.717) is 15.9 Å². The van der Waals surface area contributed by atoms with E-state index in [4.69, 9.17) is 28.6 Å². The Hall–Kier alpha value is -2.31. The maximum absolute atomic E-state index is 11.8. The minimum Gasteiger partial charge on any atom is -0.484 e. The van der Waals surface area contributed by atoms with Gasteiger partial charge in [0.05, 0.1) is 0 Å². The monoisotopic (exact) mass is 377 g/mol. The molecule has 0 aliphatic rings. The van der Waals surface area contributed by atoms with Crippen LogP contribution in [0.5, 0.6) is 5.75 Å². The molecule has 0 saturated heterocycles. The number of ether oxygens (including phenoxy) is 1. The first kappa shape index (κ1) is 19.0. The minimum atomic E-state index is -0.357. The molecule has 0 saturated carbocycles. The molecule has 0 spiro atoms. The molecule has 0 aliphatic heterocycles. The molecule has 7 heteroatoms. The molecule has 1 amide bonds. The summed E-state index contributed by atoms with van der Waals surface area (Å²) in [6, 6.07) is 12.9. The van der Waals surface area contributed by atoms with Gasteiger partial charge in [0.1, 0.15) is 5.75 Å². The van der Waals surface area contributed by atoms with Crippen LogP contribution in [0.15, 0.2) is 42.5 Å². The number of benzene rings is 2. The summed E-state index contributed by atoms with van der Waals surface area (Å²) in [7, 11) is 0. The summed E-state index contributed by atoms with van der Waals surface area (Å²) in [4.78, 5) is 11.8. The van der Waals surface area contributed by atoms with Gasteiger partial charge in [-0.25, -0.2) is 0 Å². The van der Waals surface area contributed by atoms with Crippen LogP contribution < -0.4 is 20.9 Å². The Kier molecular flexibility index (Phi) is 7.03.